The van der Waals surface area contributed by atoms with Crippen molar-refractivity contribution < 1.29 is 18.1 Å². The maximum atomic E-state index is 12.0. The molecular weight excluding hydrogens is 382 g/mol. The van der Waals surface area contributed by atoms with Gasteiger partial charge in [0, 0.05) is 23.0 Å². The standard InChI is InChI=1S/C16H16ClN3O5S/c1-10-3-4-11(7-13(10)17)19-16(21)9-18-14-6-5-12(26(2,24)25)8-15(14)20(22)23/h3-8,18H,9H2,1-2H3,(H,19,21). The molecule has 2 aromatic carbocycles. The van der Waals surface area contributed by atoms with E-state index in [0.29, 0.717) is 10.7 Å². The number of nitrogens with one attached hydrogen (secondary N) is 2. The summed E-state index contributed by atoms with van der Waals surface area (Å²) in [5, 5.41) is 16.9. The highest BCUT2D eigenvalue weighted by Crippen LogP contribution is 2.27. The number of hydrogen-bond acceptors (Lipinski definition) is 6. The van der Waals surface area contributed by atoms with E-state index >= 15 is 0 Å². The molecule has 0 heterocycles. The Morgan fingerprint density at radius 3 is 2.50 bits per heavy atom. The van der Waals surface area contributed by atoms with Crippen molar-refractivity contribution in [3.8, 4) is 0 Å². The number of hydrogen-bond donors (Lipinski definition) is 2. The molecule has 0 saturated heterocycles. The lowest BCUT2D eigenvalue weighted by Gasteiger charge is -2.10. The summed E-state index contributed by atoms with van der Waals surface area (Å²) in [4.78, 5) is 22.3. The lowest BCUT2D eigenvalue weighted by atomic mass is 10.2. The fourth-order valence-electron chi connectivity index (χ4n) is 2.09. The number of rotatable bonds is 6. The molecule has 0 aromatic heterocycles. The zero-order valence-electron chi connectivity index (χ0n) is 13.9. The van der Waals surface area contributed by atoms with Crippen LogP contribution in [0.25, 0.3) is 0 Å². The Morgan fingerprint density at radius 1 is 1.23 bits per heavy atom. The molecular formula is C16H16ClN3O5S. The first-order chi connectivity index (χ1) is 12.1. The summed E-state index contributed by atoms with van der Waals surface area (Å²) in [6.07, 6.45) is 0.958. The van der Waals surface area contributed by atoms with Crippen molar-refractivity contribution in [2.45, 2.75) is 11.8 Å². The molecule has 2 N–H and O–H groups in total. The van der Waals surface area contributed by atoms with Gasteiger partial charge in [0.05, 0.1) is 16.4 Å². The van der Waals surface area contributed by atoms with Gasteiger partial charge in [-0.2, -0.15) is 0 Å². The van der Waals surface area contributed by atoms with E-state index in [1.165, 1.54) is 12.1 Å². The number of nitro groups is 1. The molecule has 10 heteroatoms. The summed E-state index contributed by atoms with van der Waals surface area (Å²) in [6.45, 7) is 1.58. The molecule has 1 amide bonds. The lowest BCUT2D eigenvalue weighted by molar-refractivity contribution is -0.384. The van der Waals surface area contributed by atoms with E-state index in [1.54, 1.807) is 18.2 Å². The van der Waals surface area contributed by atoms with Crippen molar-refractivity contribution in [1.82, 2.24) is 0 Å². The number of amides is 1. The van der Waals surface area contributed by atoms with E-state index in [9.17, 15) is 23.3 Å². The topological polar surface area (TPSA) is 118 Å². The largest absolute Gasteiger partial charge is 0.371 e. The molecule has 0 aliphatic heterocycles. The Bertz CT molecular complexity index is 976. The Balaban J connectivity index is 2.11. The van der Waals surface area contributed by atoms with Crippen molar-refractivity contribution in [1.29, 1.82) is 0 Å². The van der Waals surface area contributed by atoms with Crippen LogP contribution >= 0.6 is 11.6 Å². The number of aryl methyl sites for hydroxylation is 1. The minimum atomic E-state index is -3.58. The van der Waals surface area contributed by atoms with Gasteiger partial charge in [-0.3, -0.25) is 14.9 Å². The average molecular weight is 398 g/mol. The van der Waals surface area contributed by atoms with Crippen LogP contribution in [0.2, 0.25) is 5.02 Å². The van der Waals surface area contributed by atoms with Crippen molar-refractivity contribution in [2.24, 2.45) is 0 Å². The Morgan fingerprint density at radius 2 is 1.92 bits per heavy atom. The highest BCUT2D eigenvalue weighted by atomic mass is 35.5. The van der Waals surface area contributed by atoms with Crippen LogP contribution < -0.4 is 10.6 Å². The van der Waals surface area contributed by atoms with Gasteiger partial charge in [0.25, 0.3) is 5.69 Å². The molecule has 0 unspecified atom stereocenters. The minimum absolute atomic E-state index is 0.0412. The van der Waals surface area contributed by atoms with E-state index in [1.807, 2.05) is 6.92 Å². The van der Waals surface area contributed by atoms with Crippen LogP contribution in [0.15, 0.2) is 41.3 Å². The monoisotopic (exact) mass is 397 g/mol. The second-order valence-corrected chi connectivity index (χ2v) is 8.00. The molecule has 2 rings (SSSR count). The van der Waals surface area contributed by atoms with Crippen LogP contribution in [0, 0.1) is 17.0 Å². The fraction of sp³-hybridized carbons (Fsp3) is 0.188. The fourth-order valence-corrected chi connectivity index (χ4v) is 2.92. The van der Waals surface area contributed by atoms with Crippen LogP contribution in [-0.2, 0) is 14.6 Å². The third kappa shape index (κ3) is 4.93. The number of anilines is 2. The second kappa shape index (κ2) is 7.71. The van der Waals surface area contributed by atoms with Crippen molar-refractivity contribution in [3.63, 3.8) is 0 Å². The molecule has 138 valence electrons. The third-order valence-corrected chi connectivity index (χ3v) is 5.01. The molecule has 0 spiro atoms. The van der Waals surface area contributed by atoms with Crippen LogP contribution in [-0.4, -0.2) is 32.0 Å². The molecule has 0 fully saturated rings. The van der Waals surface area contributed by atoms with E-state index in [-0.39, 0.29) is 17.1 Å². The maximum absolute atomic E-state index is 12.0. The summed E-state index contributed by atoms with van der Waals surface area (Å²) in [6, 6.07) is 8.48. The molecule has 8 nitrogen and oxygen atoms in total. The molecule has 0 saturated carbocycles. The van der Waals surface area contributed by atoms with Crippen LogP contribution in [0.4, 0.5) is 17.1 Å². The van der Waals surface area contributed by atoms with Gasteiger partial charge in [0.1, 0.15) is 5.69 Å². The van der Waals surface area contributed by atoms with Gasteiger partial charge in [0.15, 0.2) is 9.84 Å². The molecule has 0 bridgehead atoms. The van der Waals surface area contributed by atoms with Crippen molar-refractivity contribution in [2.75, 3.05) is 23.4 Å². The summed E-state index contributed by atoms with van der Waals surface area (Å²) >= 11 is 5.99. The lowest BCUT2D eigenvalue weighted by Crippen LogP contribution is -2.22. The second-order valence-electron chi connectivity index (χ2n) is 5.57. The van der Waals surface area contributed by atoms with Gasteiger partial charge >= 0.3 is 0 Å². The van der Waals surface area contributed by atoms with E-state index in [0.717, 1.165) is 17.9 Å². The first-order valence-electron chi connectivity index (χ1n) is 7.36. The normalized spacial score (nSPS) is 11.0. The first kappa shape index (κ1) is 19.7. The predicted octanol–water partition coefficient (Wildman–Crippen LogP) is 3.01. The summed E-state index contributed by atoms with van der Waals surface area (Å²) in [5.41, 5.74) is 0.970. The SMILES string of the molecule is Cc1ccc(NC(=O)CNc2ccc(S(C)(=O)=O)cc2[N+](=O)[O-])cc1Cl. The van der Waals surface area contributed by atoms with Crippen molar-refractivity contribution >= 4 is 44.4 Å². The van der Waals surface area contributed by atoms with Crippen LogP contribution in [0.3, 0.4) is 0 Å². The molecule has 0 aliphatic carbocycles. The highest BCUT2D eigenvalue weighted by Gasteiger charge is 2.19. The number of nitrogens with zero attached hydrogens (tertiary/aromatic N) is 1. The van der Waals surface area contributed by atoms with Gasteiger partial charge < -0.3 is 10.6 Å². The Labute approximate surface area is 155 Å². The molecule has 26 heavy (non-hydrogen) atoms. The maximum Gasteiger partial charge on any atom is 0.293 e. The number of sulfone groups is 1. The Kier molecular flexibility index (Phi) is 5.83. The summed E-state index contributed by atoms with van der Waals surface area (Å²) < 4.78 is 23.0. The van der Waals surface area contributed by atoms with Gasteiger partial charge in [-0.15, -0.1) is 0 Å². The smallest absolute Gasteiger partial charge is 0.293 e. The summed E-state index contributed by atoms with van der Waals surface area (Å²) in [5.74, 6) is -0.439. The number of halogens is 1. The number of nitro benzene ring substituents is 1. The highest BCUT2D eigenvalue weighted by molar-refractivity contribution is 7.90. The molecule has 0 aliphatic rings. The Hall–Kier alpha value is -2.65. The molecule has 0 radical (unpaired) electrons. The van der Waals surface area contributed by atoms with Crippen LogP contribution in [0.5, 0.6) is 0 Å². The molecule has 0 atom stereocenters. The summed E-state index contributed by atoms with van der Waals surface area (Å²) in [7, 11) is -3.58. The van der Waals surface area contributed by atoms with Crippen molar-refractivity contribution in [3.05, 3.63) is 57.1 Å². The first-order valence-corrected chi connectivity index (χ1v) is 9.63. The van der Waals surface area contributed by atoms with Gasteiger partial charge in [0.2, 0.25) is 5.91 Å². The van der Waals surface area contributed by atoms with Gasteiger partial charge in [-0.25, -0.2) is 8.42 Å². The van der Waals surface area contributed by atoms with E-state index in [2.05, 4.69) is 10.6 Å². The van der Waals surface area contributed by atoms with Crippen LogP contribution in [0.1, 0.15) is 5.56 Å². The number of carbonyl (C=O) groups excluding carboxylic acids is 1. The third-order valence-electron chi connectivity index (χ3n) is 3.49. The predicted molar refractivity (Wildman–Crippen MR) is 99.5 cm³/mol. The zero-order valence-corrected chi connectivity index (χ0v) is 15.5. The zero-order chi connectivity index (χ0) is 19.5. The average Bonchev–Trinajstić information content (AvgIpc) is 2.55. The van der Waals surface area contributed by atoms with E-state index < -0.39 is 26.4 Å². The van der Waals surface area contributed by atoms with Gasteiger partial charge in [-0.1, -0.05) is 17.7 Å². The van der Waals surface area contributed by atoms with Gasteiger partial charge in [-0.05, 0) is 36.8 Å². The van der Waals surface area contributed by atoms with E-state index in [4.69, 9.17) is 11.6 Å². The minimum Gasteiger partial charge on any atom is -0.371 e. The quantitative estimate of drug-likeness (QED) is 0.571. The number of carbonyl (C=O) groups is 1. The molecule has 2 aromatic rings. The number of benzene rings is 2.